The van der Waals surface area contributed by atoms with Gasteiger partial charge in [0.1, 0.15) is 0 Å². The highest BCUT2D eigenvalue weighted by molar-refractivity contribution is 5.86. The fourth-order valence-electron chi connectivity index (χ4n) is 2.19. The molecule has 0 aromatic carbocycles. The summed E-state index contributed by atoms with van der Waals surface area (Å²) in [6.45, 7) is 0. The zero-order valence-corrected chi connectivity index (χ0v) is 10.2. The minimum absolute atomic E-state index is 0.169. The van der Waals surface area contributed by atoms with Crippen LogP contribution in [0, 0.1) is 0 Å². The first-order valence-corrected chi connectivity index (χ1v) is 6.37. The zero-order chi connectivity index (χ0) is 12.7. The molecule has 0 heterocycles. The van der Waals surface area contributed by atoms with E-state index in [0.29, 0.717) is 0 Å². The van der Waals surface area contributed by atoms with E-state index in [2.05, 4.69) is 5.32 Å². The molecule has 0 bridgehead atoms. The van der Waals surface area contributed by atoms with Gasteiger partial charge < -0.3 is 16.2 Å². The standard InChI is InChI=1S/C12H22N2O3/c13-10(8-11(15)16)12(17)14-9-6-4-2-1-3-5-7-9/h9-10H,1-8,13H2,(H,14,17)(H,15,16). The lowest BCUT2D eigenvalue weighted by Gasteiger charge is -2.22. The van der Waals surface area contributed by atoms with Crippen molar-refractivity contribution in [3.05, 3.63) is 0 Å². The fourth-order valence-corrected chi connectivity index (χ4v) is 2.19. The van der Waals surface area contributed by atoms with Crippen LogP contribution in [-0.2, 0) is 9.59 Å². The predicted molar refractivity (Wildman–Crippen MR) is 64.5 cm³/mol. The van der Waals surface area contributed by atoms with E-state index in [1.54, 1.807) is 0 Å². The number of nitrogens with one attached hydrogen (secondary N) is 1. The van der Waals surface area contributed by atoms with Crippen molar-refractivity contribution in [3.63, 3.8) is 0 Å². The normalized spacial score (nSPS) is 20.1. The van der Waals surface area contributed by atoms with Gasteiger partial charge in [0.15, 0.2) is 0 Å². The first-order chi connectivity index (χ1) is 8.09. The Morgan fingerprint density at radius 1 is 1.18 bits per heavy atom. The molecule has 1 aliphatic rings. The van der Waals surface area contributed by atoms with Crippen LogP contribution in [0.15, 0.2) is 0 Å². The number of hydrogen-bond donors (Lipinski definition) is 3. The number of rotatable bonds is 4. The molecule has 1 aliphatic carbocycles. The Balaban J connectivity index is 2.34. The minimum atomic E-state index is -1.04. The predicted octanol–water partition coefficient (Wildman–Crippen LogP) is 1.02. The van der Waals surface area contributed by atoms with Gasteiger partial charge in [-0.05, 0) is 12.8 Å². The molecule has 1 unspecified atom stereocenters. The van der Waals surface area contributed by atoms with E-state index in [-0.39, 0.29) is 18.4 Å². The number of carbonyl (C=O) groups is 2. The number of carboxylic acid groups (broad SMARTS) is 1. The summed E-state index contributed by atoms with van der Waals surface area (Å²) in [4.78, 5) is 22.1. The van der Waals surface area contributed by atoms with Crippen LogP contribution in [0.2, 0.25) is 0 Å². The second kappa shape index (κ2) is 7.27. The molecule has 1 saturated carbocycles. The Labute approximate surface area is 102 Å². The third kappa shape index (κ3) is 5.68. The van der Waals surface area contributed by atoms with Gasteiger partial charge in [0.25, 0.3) is 0 Å². The van der Waals surface area contributed by atoms with Crippen molar-refractivity contribution in [3.8, 4) is 0 Å². The number of carboxylic acids is 1. The SMILES string of the molecule is NC(CC(=O)O)C(=O)NC1CCCCCCC1. The van der Waals surface area contributed by atoms with Gasteiger partial charge in [0.05, 0.1) is 12.5 Å². The molecule has 0 saturated heterocycles. The summed E-state index contributed by atoms with van der Waals surface area (Å²) in [6, 6.07) is -0.763. The quantitative estimate of drug-likeness (QED) is 0.686. The van der Waals surface area contributed by atoms with Crippen LogP contribution in [0.25, 0.3) is 0 Å². The molecule has 0 spiro atoms. The van der Waals surface area contributed by atoms with Gasteiger partial charge in [-0.3, -0.25) is 9.59 Å². The third-order valence-electron chi connectivity index (χ3n) is 3.18. The van der Waals surface area contributed by atoms with Gasteiger partial charge in [0.2, 0.25) is 5.91 Å². The molecule has 1 rings (SSSR count). The number of carbonyl (C=O) groups excluding carboxylic acids is 1. The number of nitrogens with two attached hydrogens (primary N) is 1. The molecule has 0 aromatic rings. The van der Waals surface area contributed by atoms with E-state index in [1.807, 2.05) is 0 Å². The molecule has 5 nitrogen and oxygen atoms in total. The molecule has 0 aromatic heterocycles. The Bertz CT molecular complexity index is 260. The molecule has 1 amide bonds. The molecule has 0 radical (unpaired) electrons. The van der Waals surface area contributed by atoms with E-state index in [0.717, 1.165) is 25.7 Å². The average molecular weight is 242 g/mol. The summed E-state index contributed by atoms with van der Waals surface area (Å²) in [5, 5.41) is 11.4. The lowest BCUT2D eigenvalue weighted by Crippen LogP contribution is -2.46. The topological polar surface area (TPSA) is 92.4 Å². The number of hydrogen-bond acceptors (Lipinski definition) is 3. The van der Waals surface area contributed by atoms with Crippen molar-refractivity contribution in [2.45, 2.75) is 63.5 Å². The lowest BCUT2D eigenvalue weighted by atomic mass is 9.96. The van der Waals surface area contributed by atoms with Crippen molar-refractivity contribution >= 4 is 11.9 Å². The van der Waals surface area contributed by atoms with Crippen LogP contribution >= 0.6 is 0 Å². The first-order valence-electron chi connectivity index (χ1n) is 6.37. The number of aliphatic carboxylic acids is 1. The highest BCUT2D eigenvalue weighted by atomic mass is 16.4. The summed E-state index contributed by atoms with van der Waals surface area (Å²) in [5.41, 5.74) is 5.51. The van der Waals surface area contributed by atoms with E-state index in [4.69, 9.17) is 10.8 Å². The summed E-state index contributed by atoms with van der Waals surface area (Å²) in [5.74, 6) is -1.37. The summed E-state index contributed by atoms with van der Waals surface area (Å²) >= 11 is 0. The largest absolute Gasteiger partial charge is 0.481 e. The lowest BCUT2D eigenvalue weighted by molar-refractivity contribution is -0.139. The van der Waals surface area contributed by atoms with Gasteiger partial charge in [0, 0.05) is 6.04 Å². The molecule has 1 atom stereocenters. The van der Waals surface area contributed by atoms with Gasteiger partial charge >= 0.3 is 5.97 Å². The molecule has 0 aliphatic heterocycles. The highest BCUT2D eigenvalue weighted by Crippen LogP contribution is 2.17. The molecular formula is C12H22N2O3. The van der Waals surface area contributed by atoms with Crippen molar-refractivity contribution < 1.29 is 14.7 Å². The van der Waals surface area contributed by atoms with Crippen LogP contribution in [0.1, 0.15) is 51.4 Å². The molecule has 1 fully saturated rings. The monoisotopic (exact) mass is 242 g/mol. The van der Waals surface area contributed by atoms with E-state index >= 15 is 0 Å². The Morgan fingerprint density at radius 2 is 1.71 bits per heavy atom. The smallest absolute Gasteiger partial charge is 0.305 e. The van der Waals surface area contributed by atoms with Gasteiger partial charge in [-0.2, -0.15) is 0 Å². The molecule has 17 heavy (non-hydrogen) atoms. The average Bonchev–Trinajstić information content (AvgIpc) is 2.20. The number of amides is 1. The van der Waals surface area contributed by atoms with Gasteiger partial charge in [-0.15, -0.1) is 0 Å². The summed E-state index contributed by atoms with van der Waals surface area (Å²) < 4.78 is 0. The third-order valence-corrected chi connectivity index (χ3v) is 3.18. The first kappa shape index (κ1) is 14.0. The molecular weight excluding hydrogens is 220 g/mol. The Hall–Kier alpha value is -1.10. The van der Waals surface area contributed by atoms with E-state index in [9.17, 15) is 9.59 Å². The zero-order valence-electron chi connectivity index (χ0n) is 10.2. The van der Waals surface area contributed by atoms with Crippen LogP contribution in [0.5, 0.6) is 0 Å². The second-order valence-electron chi connectivity index (χ2n) is 4.75. The Kier molecular flexibility index (Phi) is 5.97. The van der Waals surface area contributed by atoms with E-state index in [1.165, 1.54) is 19.3 Å². The van der Waals surface area contributed by atoms with E-state index < -0.39 is 12.0 Å². The molecule has 5 heteroatoms. The van der Waals surface area contributed by atoms with Crippen LogP contribution in [0.3, 0.4) is 0 Å². The van der Waals surface area contributed by atoms with Crippen molar-refractivity contribution in [2.75, 3.05) is 0 Å². The molecule has 4 N–H and O–H groups in total. The van der Waals surface area contributed by atoms with Crippen LogP contribution in [-0.4, -0.2) is 29.1 Å². The van der Waals surface area contributed by atoms with Crippen LogP contribution < -0.4 is 11.1 Å². The summed E-state index contributed by atoms with van der Waals surface area (Å²) in [6.07, 6.45) is 7.61. The van der Waals surface area contributed by atoms with Crippen LogP contribution in [0.4, 0.5) is 0 Å². The fraction of sp³-hybridized carbons (Fsp3) is 0.833. The minimum Gasteiger partial charge on any atom is -0.481 e. The second-order valence-corrected chi connectivity index (χ2v) is 4.75. The van der Waals surface area contributed by atoms with Crippen molar-refractivity contribution in [2.24, 2.45) is 5.73 Å². The van der Waals surface area contributed by atoms with Crippen molar-refractivity contribution in [1.29, 1.82) is 0 Å². The maximum Gasteiger partial charge on any atom is 0.305 e. The van der Waals surface area contributed by atoms with Gasteiger partial charge in [-0.1, -0.05) is 32.1 Å². The maximum absolute atomic E-state index is 11.6. The van der Waals surface area contributed by atoms with Gasteiger partial charge in [-0.25, -0.2) is 0 Å². The van der Waals surface area contributed by atoms with Crippen molar-refractivity contribution in [1.82, 2.24) is 5.32 Å². The summed E-state index contributed by atoms with van der Waals surface area (Å²) in [7, 11) is 0. The molecule has 98 valence electrons. The maximum atomic E-state index is 11.6. The Morgan fingerprint density at radius 3 is 2.24 bits per heavy atom. The highest BCUT2D eigenvalue weighted by Gasteiger charge is 2.20.